The molecule has 0 spiro atoms. The molecule has 1 aromatic carbocycles. The molecule has 4 aliphatic carbocycles. The highest BCUT2D eigenvalue weighted by Gasteiger charge is 2.52. The lowest BCUT2D eigenvalue weighted by molar-refractivity contribution is -0.0430. The van der Waals surface area contributed by atoms with E-state index in [1.165, 1.54) is 55.6 Å². The summed E-state index contributed by atoms with van der Waals surface area (Å²) in [6, 6.07) is 10.8. The first-order valence-electron chi connectivity index (χ1n) is 8.84. The lowest BCUT2D eigenvalue weighted by Crippen LogP contribution is -2.52. The van der Waals surface area contributed by atoms with Gasteiger partial charge < -0.3 is 4.57 Å². The zero-order valence-electron chi connectivity index (χ0n) is 13.3. The van der Waals surface area contributed by atoms with Gasteiger partial charge in [0.05, 0.1) is 0 Å². The Hall–Kier alpha value is -1.57. The molecule has 0 aliphatic heterocycles. The Kier molecular flexibility index (Phi) is 2.62. The Morgan fingerprint density at radius 3 is 2.14 bits per heavy atom. The Morgan fingerprint density at radius 1 is 0.955 bits per heavy atom. The van der Waals surface area contributed by atoms with Gasteiger partial charge in [-0.1, -0.05) is 30.3 Å². The summed E-state index contributed by atoms with van der Waals surface area (Å²) in [6.45, 7) is 2.25. The SMILES string of the molecule is Cc1cnc(-c2ccccc2)n1C12CC3CC(CC(C3)C1)C2. The van der Waals surface area contributed by atoms with E-state index in [4.69, 9.17) is 4.98 Å². The normalized spacial score (nSPS) is 36.0. The zero-order chi connectivity index (χ0) is 14.7. The van der Waals surface area contributed by atoms with Crippen molar-refractivity contribution in [1.29, 1.82) is 0 Å². The second-order valence-corrected chi connectivity index (χ2v) is 8.07. The van der Waals surface area contributed by atoms with Crippen molar-refractivity contribution < 1.29 is 0 Å². The first-order valence-corrected chi connectivity index (χ1v) is 8.84. The molecule has 2 nitrogen and oxygen atoms in total. The lowest BCUT2D eigenvalue weighted by atomic mass is 9.53. The van der Waals surface area contributed by atoms with Gasteiger partial charge in [-0.25, -0.2) is 4.98 Å². The van der Waals surface area contributed by atoms with Crippen molar-refractivity contribution in [2.75, 3.05) is 0 Å². The molecule has 0 unspecified atom stereocenters. The van der Waals surface area contributed by atoms with Gasteiger partial charge in [-0.15, -0.1) is 0 Å². The summed E-state index contributed by atoms with van der Waals surface area (Å²) in [4.78, 5) is 4.81. The molecule has 0 saturated heterocycles. The maximum atomic E-state index is 4.81. The summed E-state index contributed by atoms with van der Waals surface area (Å²) in [5.74, 6) is 4.10. The highest BCUT2D eigenvalue weighted by Crippen LogP contribution is 2.59. The fourth-order valence-electron chi connectivity index (χ4n) is 6.17. The summed E-state index contributed by atoms with van der Waals surface area (Å²) < 4.78 is 2.63. The molecule has 22 heavy (non-hydrogen) atoms. The Balaban J connectivity index is 1.65. The van der Waals surface area contributed by atoms with Gasteiger partial charge in [-0.05, 0) is 63.2 Å². The first-order chi connectivity index (χ1) is 10.7. The predicted octanol–water partition coefficient (Wildman–Crippen LogP) is 4.78. The zero-order valence-corrected chi connectivity index (χ0v) is 13.3. The molecule has 1 heterocycles. The number of imidazole rings is 1. The average molecular weight is 292 g/mol. The minimum absolute atomic E-state index is 0.362. The van der Waals surface area contributed by atoms with Crippen molar-refractivity contribution in [2.24, 2.45) is 17.8 Å². The van der Waals surface area contributed by atoms with Crippen molar-refractivity contribution in [1.82, 2.24) is 9.55 Å². The summed E-state index contributed by atoms with van der Waals surface area (Å²) >= 11 is 0. The van der Waals surface area contributed by atoms with E-state index in [0.717, 1.165) is 17.8 Å². The van der Waals surface area contributed by atoms with Crippen molar-refractivity contribution in [3.63, 3.8) is 0 Å². The van der Waals surface area contributed by atoms with Crippen LogP contribution < -0.4 is 0 Å². The van der Waals surface area contributed by atoms with Crippen molar-refractivity contribution in [2.45, 2.75) is 51.0 Å². The fourth-order valence-corrected chi connectivity index (χ4v) is 6.17. The Bertz CT molecular complexity index is 662. The second kappa shape index (κ2) is 4.47. The van der Waals surface area contributed by atoms with Crippen LogP contribution in [-0.2, 0) is 5.54 Å². The van der Waals surface area contributed by atoms with Crippen molar-refractivity contribution in [3.8, 4) is 11.4 Å². The van der Waals surface area contributed by atoms with Crippen LogP contribution >= 0.6 is 0 Å². The van der Waals surface area contributed by atoms with Crippen LogP contribution in [0.3, 0.4) is 0 Å². The highest BCUT2D eigenvalue weighted by molar-refractivity contribution is 5.56. The van der Waals surface area contributed by atoms with E-state index in [9.17, 15) is 0 Å². The number of benzene rings is 1. The van der Waals surface area contributed by atoms with Crippen molar-refractivity contribution >= 4 is 0 Å². The molecule has 2 aromatic rings. The number of hydrogen-bond donors (Lipinski definition) is 0. The third kappa shape index (κ3) is 1.76. The first kappa shape index (κ1) is 12.9. The third-order valence-electron chi connectivity index (χ3n) is 6.45. The van der Waals surface area contributed by atoms with E-state index in [1.54, 1.807) is 0 Å². The number of rotatable bonds is 2. The van der Waals surface area contributed by atoms with E-state index in [1.807, 2.05) is 0 Å². The Labute approximate surface area is 132 Å². The van der Waals surface area contributed by atoms with Crippen LogP contribution in [0.1, 0.15) is 44.2 Å². The van der Waals surface area contributed by atoms with Gasteiger partial charge in [-0.3, -0.25) is 0 Å². The number of aryl methyl sites for hydroxylation is 1. The number of nitrogens with zero attached hydrogens (tertiary/aromatic N) is 2. The standard InChI is InChI=1S/C20H24N2/c1-14-13-21-19(18-5-3-2-4-6-18)22(14)20-10-15-7-16(11-20)9-17(8-15)12-20/h2-6,13,15-17H,7-12H2,1H3. The number of hydrogen-bond acceptors (Lipinski definition) is 1. The smallest absolute Gasteiger partial charge is 0.140 e. The van der Waals surface area contributed by atoms with Gasteiger partial charge in [0.2, 0.25) is 0 Å². The van der Waals surface area contributed by atoms with Gasteiger partial charge in [0.25, 0.3) is 0 Å². The van der Waals surface area contributed by atoms with Gasteiger partial charge >= 0.3 is 0 Å². The molecule has 1 aromatic heterocycles. The molecule has 0 N–H and O–H groups in total. The van der Waals surface area contributed by atoms with Crippen LogP contribution in [0, 0.1) is 24.7 Å². The quantitative estimate of drug-likeness (QED) is 0.778. The second-order valence-electron chi connectivity index (χ2n) is 8.07. The predicted molar refractivity (Wildman–Crippen MR) is 88.5 cm³/mol. The van der Waals surface area contributed by atoms with E-state index < -0.39 is 0 Å². The maximum absolute atomic E-state index is 4.81. The molecule has 4 saturated carbocycles. The molecular weight excluding hydrogens is 268 g/mol. The van der Waals surface area contributed by atoms with Crippen LogP contribution in [-0.4, -0.2) is 9.55 Å². The summed E-state index contributed by atoms with van der Waals surface area (Å²) in [7, 11) is 0. The fraction of sp³-hybridized carbons (Fsp3) is 0.550. The minimum Gasteiger partial charge on any atom is -0.322 e. The topological polar surface area (TPSA) is 17.8 Å². The van der Waals surface area contributed by atoms with E-state index in [2.05, 4.69) is 48.0 Å². The molecule has 4 aliphatic rings. The molecular formula is C20H24N2. The van der Waals surface area contributed by atoms with Crippen molar-refractivity contribution in [3.05, 3.63) is 42.2 Å². The summed E-state index contributed by atoms with van der Waals surface area (Å²) in [6.07, 6.45) is 10.7. The summed E-state index contributed by atoms with van der Waals surface area (Å²) in [5, 5.41) is 0. The molecule has 0 amide bonds. The molecule has 114 valence electrons. The molecule has 6 rings (SSSR count). The van der Waals surface area contributed by atoms with Crippen LogP contribution in [0.5, 0.6) is 0 Å². The molecule has 0 atom stereocenters. The number of aromatic nitrogens is 2. The average Bonchev–Trinajstić information content (AvgIpc) is 2.89. The molecule has 0 radical (unpaired) electrons. The summed E-state index contributed by atoms with van der Waals surface area (Å²) in [5.41, 5.74) is 2.98. The van der Waals surface area contributed by atoms with Gasteiger partial charge in [0, 0.05) is 23.0 Å². The van der Waals surface area contributed by atoms with Crippen LogP contribution in [0.2, 0.25) is 0 Å². The maximum Gasteiger partial charge on any atom is 0.140 e. The Morgan fingerprint density at radius 2 is 1.55 bits per heavy atom. The monoisotopic (exact) mass is 292 g/mol. The van der Waals surface area contributed by atoms with Gasteiger partial charge in [0.1, 0.15) is 5.82 Å². The van der Waals surface area contributed by atoms with Crippen LogP contribution in [0.15, 0.2) is 36.5 Å². The van der Waals surface area contributed by atoms with Crippen LogP contribution in [0.25, 0.3) is 11.4 Å². The van der Waals surface area contributed by atoms with E-state index in [0.29, 0.717) is 5.54 Å². The van der Waals surface area contributed by atoms with Gasteiger partial charge in [-0.2, -0.15) is 0 Å². The minimum atomic E-state index is 0.362. The molecule has 4 bridgehead atoms. The highest BCUT2D eigenvalue weighted by atomic mass is 15.2. The van der Waals surface area contributed by atoms with E-state index >= 15 is 0 Å². The third-order valence-corrected chi connectivity index (χ3v) is 6.45. The molecule has 4 fully saturated rings. The molecule has 2 heteroatoms. The van der Waals surface area contributed by atoms with Crippen LogP contribution in [0.4, 0.5) is 0 Å². The van der Waals surface area contributed by atoms with E-state index in [-0.39, 0.29) is 0 Å². The largest absolute Gasteiger partial charge is 0.322 e. The lowest BCUT2D eigenvalue weighted by Gasteiger charge is -2.57. The van der Waals surface area contributed by atoms with Gasteiger partial charge in [0.15, 0.2) is 0 Å².